The average molecular weight is 221 g/mol. The Labute approximate surface area is 96.0 Å². The van der Waals surface area contributed by atoms with Crippen molar-refractivity contribution in [3.05, 3.63) is 17.5 Å². The summed E-state index contributed by atoms with van der Waals surface area (Å²) in [4.78, 5) is 14.0. The fourth-order valence-electron chi connectivity index (χ4n) is 2.23. The molecule has 1 aromatic rings. The lowest BCUT2D eigenvalue weighted by atomic mass is 9.94. The van der Waals surface area contributed by atoms with Crippen LogP contribution in [0.2, 0.25) is 0 Å². The van der Waals surface area contributed by atoms with Crippen molar-refractivity contribution in [1.82, 2.24) is 15.1 Å². The number of carbonyl (C=O) groups excluding carboxylic acids is 1. The van der Waals surface area contributed by atoms with Gasteiger partial charge in [0.25, 0.3) is 5.91 Å². The molecule has 1 amide bonds. The van der Waals surface area contributed by atoms with E-state index in [-0.39, 0.29) is 5.91 Å². The zero-order valence-electron chi connectivity index (χ0n) is 9.99. The Hall–Kier alpha value is -1.32. The van der Waals surface area contributed by atoms with Gasteiger partial charge in [-0.25, -0.2) is 0 Å². The molecule has 0 bridgehead atoms. The molecule has 4 nitrogen and oxygen atoms in total. The van der Waals surface area contributed by atoms with Crippen molar-refractivity contribution < 1.29 is 4.79 Å². The number of H-pyrrole nitrogens is 1. The van der Waals surface area contributed by atoms with Gasteiger partial charge in [-0.3, -0.25) is 9.89 Å². The Morgan fingerprint density at radius 1 is 1.56 bits per heavy atom. The minimum Gasteiger partial charge on any atom is -0.337 e. The highest BCUT2D eigenvalue weighted by Crippen LogP contribution is 2.20. The van der Waals surface area contributed by atoms with Crippen molar-refractivity contribution >= 4 is 5.91 Å². The smallest absolute Gasteiger partial charge is 0.274 e. The number of aromatic amines is 1. The van der Waals surface area contributed by atoms with Crippen molar-refractivity contribution in [3.63, 3.8) is 0 Å². The van der Waals surface area contributed by atoms with Crippen LogP contribution in [0.25, 0.3) is 0 Å². The standard InChI is InChI=1S/C12H19N3O/c1-3-10-4-6-15(7-5-10)12(16)11-8-9(2)13-14-11/h8,10H,3-7H2,1-2H3,(H,13,14). The highest BCUT2D eigenvalue weighted by Gasteiger charge is 2.23. The Kier molecular flexibility index (Phi) is 3.27. The summed E-state index contributed by atoms with van der Waals surface area (Å²) in [6.07, 6.45) is 3.49. The lowest BCUT2D eigenvalue weighted by Gasteiger charge is -2.30. The molecule has 0 saturated carbocycles. The molecule has 4 heteroatoms. The summed E-state index contributed by atoms with van der Waals surface area (Å²) < 4.78 is 0. The second-order valence-electron chi connectivity index (χ2n) is 4.58. The van der Waals surface area contributed by atoms with E-state index in [0.717, 1.165) is 37.5 Å². The minimum absolute atomic E-state index is 0.0684. The van der Waals surface area contributed by atoms with E-state index in [1.807, 2.05) is 17.9 Å². The van der Waals surface area contributed by atoms with Crippen LogP contribution >= 0.6 is 0 Å². The number of likely N-dealkylation sites (tertiary alicyclic amines) is 1. The molecule has 1 N–H and O–H groups in total. The molecule has 0 spiro atoms. The molecule has 0 radical (unpaired) electrons. The van der Waals surface area contributed by atoms with Crippen LogP contribution in [-0.2, 0) is 0 Å². The maximum absolute atomic E-state index is 12.1. The molecule has 0 atom stereocenters. The SMILES string of the molecule is CCC1CCN(C(=O)c2cc(C)[nH]n2)CC1. The summed E-state index contributed by atoms with van der Waals surface area (Å²) in [6, 6.07) is 1.81. The number of amides is 1. The van der Waals surface area contributed by atoms with Crippen molar-refractivity contribution in [2.45, 2.75) is 33.1 Å². The van der Waals surface area contributed by atoms with Crippen LogP contribution < -0.4 is 0 Å². The fraction of sp³-hybridized carbons (Fsp3) is 0.667. The van der Waals surface area contributed by atoms with Crippen LogP contribution in [-0.4, -0.2) is 34.1 Å². The van der Waals surface area contributed by atoms with E-state index in [1.54, 1.807) is 0 Å². The summed E-state index contributed by atoms with van der Waals surface area (Å²) in [5.41, 5.74) is 1.49. The number of hydrogen-bond donors (Lipinski definition) is 1. The summed E-state index contributed by atoms with van der Waals surface area (Å²) in [5.74, 6) is 0.865. The molecule has 0 aliphatic carbocycles. The average Bonchev–Trinajstić information content (AvgIpc) is 2.75. The molecule has 0 unspecified atom stereocenters. The van der Waals surface area contributed by atoms with Crippen molar-refractivity contribution in [2.24, 2.45) is 5.92 Å². The highest BCUT2D eigenvalue weighted by atomic mass is 16.2. The fourth-order valence-corrected chi connectivity index (χ4v) is 2.23. The monoisotopic (exact) mass is 221 g/mol. The quantitative estimate of drug-likeness (QED) is 0.830. The van der Waals surface area contributed by atoms with E-state index in [9.17, 15) is 4.79 Å². The molecular weight excluding hydrogens is 202 g/mol. The summed E-state index contributed by atoms with van der Waals surface area (Å²) in [5, 5.41) is 6.82. The number of rotatable bonds is 2. The van der Waals surface area contributed by atoms with Crippen molar-refractivity contribution in [2.75, 3.05) is 13.1 Å². The number of nitrogens with zero attached hydrogens (tertiary/aromatic N) is 2. The number of hydrogen-bond acceptors (Lipinski definition) is 2. The number of aromatic nitrogens is 2. The van der Waals surface area contributed by atoms with Crippen LogP contribution in [0.5, 0.6) is 0 Å². The molecule has 1 aliphatic rings. The van der Waals surface area contributed by atoms with Gasteiger partial charge < -0.3 is 4.90 Å². The first-order valence-corrected chi connectivity index (χ1v) is 6.02. The van der Waals surface area contributed by atoms with Gasteiger partial charge in [-0.1, -0.05) is 13.3 Å². The number of aryl methyl sites for hydroxylation is 1. The number of nitrogens with one attached hydrogen (secondary N) is 1. The summed E-state index contributed by atoms with van der Waals surface area (Å²) >= 11 is 0. The zero-order chi connectivity index (χ0) is 11.5. The lowest BCUT2D eigenvalue weighted by Crippen LogP contribution is -2.38. The van der Waals surface area contributed by atoms with Crippen molar-refractivity contribution in [1.29, 1.82) is 0 Å². The molecular formula is C12H19N3O. The molecule has 2 heterocycles. The van der Waals surface area contributed by atoms with Crippen LogP contribution in [0.1, 0.15) is 42.4 Å². The minimum atomic E-state index is 0.0684. The van der Waals surface area contributed by atoms with Crippen LogP contribution in [0.3, 0.4) is 0 Å². The lowest BCUT2D eigenvalue weighted by molar-refractivity contribution is 0.0683. The maximum atomic E-state index is 12.1. The molecule has 1 aliphatic heterocycles. The largest absolute Gasteiger partial charge is 0.337 e. The summed E-state index contributed by atoms with van der Waals surface area (Å²) in [6.45, 7) is 5.89. The Morgan fingerprint density at radius 3 is 2.75 bits per heavy atom. The molecule has 2 rings (SSSR count). The Balaban J connectivity index is 1.96. The van der Waals surface area contributed by atoms with Crippen LogP contribution in [0.15, 0.2) is 6.07 Å². The molecule has 88 valence electrons. The predicted molar refractivity (Wildman–Crippen MR) is 62.2 cm³/mol. The highest BCUT2D eigenvalue weighted by molar-refractivity contribution is 5.92. The second-order valence-corrected chi connectivity index (χ2v) is 4.58. The maximum Gasteiger partial charge on any atom is 0.274 e. The third kappa shape index (κ3) is 2.26. The van der Waals surface area contributed by atoms with Gasteiger partial charge in [0.2, 0.25) is 0 Å². The first-order chi connectivity index (χ1) is 7.70. The van der Waals surface area contributed by atoms with E-state index in [2.05, 4.69) is 17.1 Å². The molecule has 0 aromatic carbocycles. The van der Waals surface area contributed by atoms with Gasteiger partial charge in [0.15, 0.2) is 0 Å². The van der Waals surface area contributed by atoms with Crippen molar-refractivity contribution in [3.8, 4) is 0 Å². The normalized spacial score (nSPS) is 17.8. The van der Waals surface area contributed by atoms with Gasteiger partial charge >= 0.3 is 0 Å². The van der Waals surface area contributed by atoms with Gasteiger partial charge in [0.1, 0.15) is 5.69 Å². The van der Waals surface area contributed by atoms with Gasteiger partial charge in [0.05, 0.1) is 0 Å². The first-order valence-electron chi connectivity index (χ1n) is 6.02. The third-order valence-corrected chi connectivity index (χ3v) is 3.40. The molecule has 16 heavy (non-hydrogen) atoms. The molecule has 1 aromatic heterocycles. The first kappa shape index (κ1) is 11.2. The second kappa shape index (κ2) is 4.68. The molecule has 1 saturated heterocycles. The van der Waals surface area contributed by atoms with Gasteiger partial charge in [0, 0.05) is 18.8 Å². The van der Waals surface area contributed by atoms with E-state index in [0.29, 0.717) is 5.69 Å². The van der Waals surface area contributed by atoms with Gasteiger partial charge in [-0.2, -0.15) is 5.10 Å². The van der Waals surface area contributed by atoms with E-state index in [1.165, 1.54) is 6.42 Å². The van der Waals surface area contributed by atoms with Crippen LogP contribution in [0, 0.1) is 12.8 Å². The van der Waals surface area contributed by atoms with Gasteiger partial charge in [-0.15, -0.1) is 0 Å². The van der Waals surface area contributed by atoms with E-state index in [4.69, 9.17) is 0 Å². The summed E-state index contributed by atoms with van der Waals surface area (Å²) in [7, 11) is 0. The number of piperidine rings is 1. The third-order valence-electron chi connectivity index (χ3n) is 3.40. The van der Waals surface area contributed by atoms with Gasteiger partial charge in [-0.05, 0) is 31.7 Å². The van der Waals surface area contributed by atoms with Crippen LogP contribution in [0.4, 0.5) is 0 Å². The zero-order valence-corrected chi connectivity index (χ0v) is 9.99. The number of carbonyl (C=O) groups is 1. The predicted octanol–water partition coefficient (Wildman–Crippen LogP) is 1.98. The topological polar surface area (TPSA) is 49.0 Å². The Morgan fingerprint density at radius 2 is 2.25 bits per heavy atom. The van der Waals surface area contributed by atoms with E-state index >= 15 is 0 Å². The Bertz CT molecular complexity index is 364. The van der Waals surface area contributed by atoms with E-state index < -0.39 is 0 Å². The molecule has 1 fully saturated rings.